The van der Waals surface area contributed by atoms with E-state index in [2.05, 4.69) is 26.3 Å². The summed E-state index contributed by atoms with van der Waals surface area (Å²) in [4.78, 5) is 59.8. The number of pyridine rings is 1. The molecule has 4 aliphatic heterocycles. The number of carboxylic acid groups (broad SMARTS) is 1. The third-order valence-electron chi connectivity index (χ3n) is 16.5. The van der Waals surface area contributed by atoms with Gasteiger partial charge in [-0.25, -0.2) is 23.3 Å². The quantitative estimate of drug-likeness (QED) is 0.0974. The molecule has 8 heterocycles. The van der Waals surface area contributed by atoms with Crippen molar-refractivity contribution in [2.75, 3.05) is 31.1 Å². The number of likely N-dealkylation sites (tertiary alicyclic amines) is 2. The number of aromatic nitrogens is 8. The van der Waals surface area contributed by atoms with E-state index in [1.54, 1.807) is 31.6 Å². The standard InChI is InChI=1S/C60H68FN11O9/c1-8-35-18-19-62-26-48(35)80-58-64-52-42(55(65-58)68-27-39-21-38(68)28-69(39)59(77)81-60(5,6)7)23-41(36-16-17-36)51(50-33(4)44(61)24-46-43(50)25-63-72(46)49-11-9-10-20-78-49)54(52)79-31-34-12-14-37(15-13-34)45-30-71(67-66-45)53(32(2)3)56(74)70-29-40(73)22-47(70)57(75)76/h12-15,18-19,23-26,30,32,36,38-40,47,49,53,73H,8-11,16-17,20-22,27-29,31H2,1-7H3,(H,75,76)/t38-,39-,40+,47-,49?,53-/m0/s1. The molecule has 4 saturated heterocycles. The Balaban J connectivity index is 0.972. The first kappa shape index (κ1) is 53.8. The van der Waals surface area contributed by atoms with Gasteiger partial charge in [-0.1, -0.05) is 50.3 Å². The molecule has 6 atom stereocenters. The number of aryl methyl sites for hydroxylation is 1. The Bertz CT molecular complexity index is 3570. The molecule has 5 aliphatic rings. The second-order valence-electron chi connectivity index (χ2n) is 23.6. The van der Waals surface area contributed by atoms with E-state index in [9.17, 15) is 24.6 Å². The van der Waals surface area contributed by atoms with Crippen LogP contribution in [0.25, 0.3) is 44.2 Å². The molecule has 4 aromatic heterocycles. The van der Waals surface area contributed by atoms with Gasteiger partial charge in [0.15, 0.2) is 17.7 Å². The molecule has 3 aromatic carbocycles. The normalized spacial score (nSPS) is 21.4. The van der Waals surface area contributed by atoms with Gasteiger partial charge in [0, 0.05) is 72.4 Å². The highest BCUT2D eigenvalue weighted by molar-refractivity contribution is 6.06. The monoisotopic (exact) mass is 1110 g/mol. The van der Waals surface area contributed by atoms with Crippen LogP contribution in [0.15, 0.2) is 67.3 Å². The lowest BCUT2D eigenvalue weighted by molar-refractivity contribution is -0.150. The van der Waals surface area contributed by atoms with E-state index in [-0.39, 0.29) is 61.8 Å². The third kappa shape index (κ3) is 10.3. The number of halogens is 1. The Hall–Kier alpha value is -7.78. The molecule has 0 radical (unpaired) electrons. The maximum absolute atomic E-state index is 16.9. The summed E-state index contributed by atoms with van der Waals surface area (Å²) in [5, 5.41) is 35.4. The van der Waals surface area contributed by atoms with Crippen molar-refractivity contribution in [1.29, 1.82) is 0 Å². The molecule has 1 unspecified atom stereocenters. The highest BCUT2D eigenvalue weighted by Crippen LogP contribution is 2.54. The highest BCUT2D eigenvalue weighted by Gasteiger charge is 2.48. The number of carbonyl (C=O) groups excluding carboxylic acids is 2. The fourth-order valence-corrected chi connectivity index (χ4v) is 12.3. The average molecular weight is 1110 g/mol. The molecule has 2 bridgehead atoms. The number of aliphatic hydroxyl groups excluding tert-OH is 1. The molecule has 5 fully saturated rings. The van der Waals surface area contributed by atoms with E-state index in [0.717, 1.165) is 66.0 Å². The molecule has 1 saturated carbocycles. The number of aliphatic hydroxyl groups is 1. The molecule has 21 heteroatoms. The Labute approximate surface area is 468 Å². The van der Waals surface area contributed by atoms with Gasteiger partial charge in [-0.15, -0.1) is 5.10 Å². The average Bonchev–Trinajstić information content (AvgIpc) is 3.95. The van der Waals surface area contributed by atoms with E-state index >= 15 is 4.39 Å². The minimum absolute atomic E-state index is 0.0441. The van der Waals surface area contributed by atoms with E-state index in [4.69, 9.17) is 34.0 Å². The van der Waals surface area contributed by atoms with Crippen molar-refractivity contribution in [2.24, 2.45) is 5.92 Å². The van der Waals surface area contributed by atoms with E-state index in [0.29, 0.717) is 82.4 Å². The summed E-state index contributed by atoms with van der Waals surface area (Å²) < 4.78 is 46.2. The largest absolute Gasteiger partial charge is 0.486 e. The molecule has 81 heavy (non-hydrogen) atoms. The van der Waals surface area contributed by atoms with Crippen LogP contribution in [-0.2, 0) is 32.1 Å². The van der Waals surface area contributed by atoms with Gasteiger partial charge in [-0.05, 0) is 119 Å². The van der Waals surface area contributed by atoms with Crippen LogP contribution >= 0.6 is 0 Å². The highest BCUT2D eigenvalue weighted by atomic mass is 19.1. The van der Waals surface area contributed by atoms with Crippen LogP contribution in [0.1, 0.15) is 127 Å². The van der Waals surface area contributed by atoms with Gasteiger partial charge in [0.25, 0.3) is 0 Å². The lowest BCUT2D eigenvalue weighted by Crippen LogP contribution is -2.50. The van der Waals surface area contributed by atoms with Crippen molar-refractivity contribution in [3.63, 3.8) is 0 Å². The summed E-state index contributed by atoms with van der Waals surface area (Å²) in [6.45, 7) is 14.7. The van der Waals surface area contributed by atoms with Crippen molar-refractivity contribution in [3.8, 4) is 39.9 Å². The van der Waals surface area contributed by atoms with Crippen molar-refractivity contribution in [1.82, 2.24) is 49.5 Å². The Kier molecular flexibility index (Phi) is 14.1. The topological polar surface area (TPSA) is 226 Å². The number of benzene rings is 3. The van der Waals surface area contributed by atoms with Crippen molar-refractivity contribution >= 4 is 45.6 Å². The van der Waals surface area contributed by atoms with Gasteiger partial charge in [0.05, 0.1) is 42.3 Å². The first-order chi connectivity index (χ1) is 38.9. The number of fused-ring (bicyclic) bond motifs is 4. The summed E-state index contributed by atoms with van der Waals surface area (Å²) in [7, 11) is 0. The fourth-order valence-electron chi connectivity index (χ4n) is 12.3. The van der Waals surface area contributed by atoms with E-state index < -0.39 is 41.5 Å². The number of amides is 2. The molecule has 2 N–H and O–H groups in total. The molecular formula is C60H68FN11O9. The maximum Gasteiger partial charge on any atom is 0.410 e. The Morgan fingerprint density at radius 2 is 1.73 bits per heavy atom. The molecular weight excluding hydrogens is 1040 g/mol. The van der Waals surface area contributed by atoms with Crippen LogP contribution < -0.4 is 14.4 Å². The number of carbonyl (C=O) groups is 3. The SMILES string of the molecule is CCc1ccncc1Oc1nc(N2C[C@@H]3C[C@H]2CN3C(=O)OC(C)(C)C)c2cc(C3CC3)c(-c3c(C)c(F)cc4c3cnn4C3CCCCO3)c(OCc3ccc(-c4cn([C@H](C(=O)N5C[C@H](O)C[C@H]5C(=O)O)C(C)C)nn4)cc3)c2n1. The van der Waals surface area contributed by atoms with Crippen LogP contribution in [0.4, 0.5) is 15.0 Å². The molecule has 1 aliphatic carbocycles. The second-order valence-corrected chi connectivity index (χ2v) is 23.6. The van der Waals surface area contributed by atoms with Gasteiger partial charge in [-0.2, -0.15) is 15.1 Å². The number of hydrogen-bond acceptors (Lipinski definition) is 15. The fraction of sp³-hybridized carbons (Fsp3) is 0.483. The van der Waals surface area contributed by atoms with Crippen LogP contribution in [0.5, 0.6) is 17.5 Å². The van der Waals surface area contributed by atoms with Gasteiger partial charge < -0.3 is 43.9 Å². The van der Waals surface area contributed by atoms with E-state index in [1.807, 2.05) is 87.7 Å². The number of hydrogen-bond donors (Lipinski definition) is 2. The zero-order valence-electron chi connectivity index (χ0n) is 46.7. The summed E-state index contributed by atoms with van der Waals surface area (Å²) in [5.41, 5.74) is 6.11. The minimum atomic E-state index is -1.17. The molecule has 424 valence electrons. The van der Waals surface area contributed by atoms with Crippen molar-refractivity contribution in [3.05, 3.63) is 95.3 Å². The number of ether oxygens (including phenoxy) is 4. The predicted octanol–water partition coefficient (Wildman–Crippen LogP) is 9.70. The Morgan fingerprint density at radius 3 is 2.42 bits per heavy atom. The second kappa shape index (κ2) is 21.3. The lowest BCUT2D eigenvalue weighted by Gasteiger charge is -2.36. The Morgan fingerprint density at radius 1 is 0.926 bits per heavy atom. The van der Waals surface area contributed by atoms with Crippen LogP contribution in [-0.4, -0.2) is 134 Å². The first-order valence-electron chi connectivity index (χ1n) is 28.3. The van der Waals surface area contributed by atoms with Gasteiger partial charge >= 0.3 is 18.1 Å². The number of anilines is 1. The van der Waals surface area contributed by atoms with Gasteiger partial charge in [-0.3, -0.25) is 9.78 Å². The third-order valence-corrected chi connectivity index (χ3v) is 16.5. The number of carboxylic acids is 1. The summed E-state index contributed by atoms with van der Waals surface area (Å²) >= 11 is 0. The van der Waals surface area contributed by atoms with Gasteiger partial charge in [0.2, 0.25) is 5.91 Å². The summed E-state index contributed by atoms with van der Waals surface area (Å²) in [6, 6.07) is 11.1. The summed E-state index contributed by atoms with van der Waals surface area (Å²) in [5.74, 6) is -0.612. The van der Waals surface area contributed by atoms with Crippen molar-refractivity contribution < 1.29 is 47.9 Å². The van der Waals surface area contributed by atoms with Crippen LogP contribution in [0.2, 0.25) is 0 Å². The molecule has 7 aromatic rings. The number of rotatable bonds is 15. The number of piperazine rings is 1. The molecule has 12 rings (SSSR count). The first-order valence-corrected chi connectivity index (χ1v) is 28.3. The molecule has 0 spiro atoms. The number of aliphatic carboxylic acids is 1. The zero-order chi connectivity index (χ0) is 56.6. The van der Waals surface area contributed by atoms with Crippen LogP contribution in [0.3, 0.4) is 0 Å². The maximum atomic E-state index is 16.9. The smallest absolute Gasteiger partial charge is 0.410 e. The van der Waals surface area contributed by atoms with E-state index in [1.165, 1.54) is 9.58 Å². The molecule has 2 amide bonds. The van der Waals surface area contributed by atoms with Crippen LogP contribution in [0, 0.1) is 18.7 Å². The van der Waals surface area contributed by atoms with Gasteiger partial charge in [0.1, 0.15) is 47.1 Å². The summed E-state index contributed by atoms with van der Waals surface area (Å²) in [6.07, 6.45) is 11.1. The predicted molar refractivity (Wildman–Crippen MR) is 297 cm³/mol. The number of β-amino-alcohol motifs (C(OH)–C–C–N with tert-alkyl or cyclic N) is 1. The minimum Gasteiger partial charge on any atom is -0.486 e. The van der Waals surface area contributed by atoms with Crippen molar-refractivity contribution in [2.45, 2.75) is 154 Å². The lowest BCUT2D eigenvalue weighted by atomic mass is 9.88. The number of nitrogens with zero attached hydrogens (tertiary/aromatic N) is 11. The zero-order valence-corrected chi connectivity index (χ0v) is 46.7. The molecule has 20 nitrogen and oxygen atoms in total.